The summed E-state index contributed by atoms with van der Waals surface area (Å²) in [6.45, 7) is 5.77. The van der Waals surface area contributed by atoms with Crippen LogP contribution in [0.3, 0.4) is 0 Å². The number of halogens is 9. The highest BCUT2D eigenvalue weighted by atomic mass is 79.9. The molecule has 3 aromatic carbocycles. The van der Waals surface area contributed by atoms with Crippen LogP contribution < -0.4 is 13.6 Å². The Morgan fingerprint density at radius 2 is 0.714 bits per heavy atom. The second-order valence-electron chi connectivity index (χ2n) is 7.12. The summed E-state index contributed by atoms with van der Waals surface area (Å²) in [6, 6.07) is 5.49. The van der Waals surface area contributed by atoms with Crippen molar-refractivity contribution in [3.8, 4) is 17.2 Å². The van der Waals surface area contributed by atoms with Gasteiger partial charge in [0.05, 0.1) is 26.8 Å². The summed E-state index contributed by atoms with van der Waals surface area (Å²) in [6.07, 6.45) is 0. The van der Waals surface area contributed by atoms with Gasteiger partial charge >= 0.3 is 7.82 Å². The van der Waals surface area contributed by atoms with Crippen LogP contribution in [0.1, 0.15) is 16.7 Å². The fourth-order valence-corrected chi connectivity index (χ4v) is 10.2. The highest BCUT2D eigenvalue weighted by molar-refractivity contribution is 9.14. The normalized spacial score (nSPS) is 11.5. The number of benzene rings is 3. The molecule has 0 aliphatic carbocycles. The van der Waals surface area contributed by atoms with Crippen molar-refractivity contribution >= 4 is 151 Å². The van der Waals surface area contributed by atoms with Gasteiger partial charge in [-0.15, -0.1) is 0 Å². The topological polar surface area (TPSA) is 44.8 Å². The van der Waals surface area contributed by atoms with E-state index in [1.54, 1.807) is 0 Å². The average Bonchev–Trinajstić information content (AvgIpc) is 2.78. The molecule has 0 aliphatic rings. The van der Waals surface area contributed by atoms with E-state index in [1.165, 1.54) is 0 Å². The van der Waals surface area contributed by atoms with Crippen molar-refractivity contribution in [3.63, 3.8) is 0 Å². The molecule has 3 rings (SSSR count). The summed E-state index contributed by atoms with van der Waals surface area (Å²) in [5.74, 6) is 0.716. The van der Waals surface area contributed by atoms with Crippen LogP contribution in [-0.4, -0.2) is 0 Å². The van der Waals surface area contributed by atoms with E-state index in [0.29, 0.717) is 26.8 Å². The van der Waals surface area contributed by atoms with Gasteiger partial charge in [0.2, 0.25) is 0 Å². The zero-order valence-corrected chi connectivity index (χ0v) is 32.9. The van der Waals surface area contributed by atoms with E-state index in [1.807, 2.05) is 39.0 Å². The van der Waals surface area contributed by atoms with Gasteiger partial charge in [-0.3, -0.25) is 0 Å². The van der Waals surface area contributed by atoms with Crippen molar-refractivity contribution in [2.75, 3.05) is 0 Å². The molecular formula is C21H12Br9O4P. The van der Waals surface area contributed by atoms with E-state index in [-0.39, 0.29) is 17.2 Å². The molecule has 0 saturated carbocycles. The fraction of sp³-hybridized carbons (Fsp3) is 0.143. The lowest BCUT2D eigenvalue weighted by atomic mass is 10.2. The third-order valence-corrected chi connectivity index (χ3v) is 14.4. The summed E-state index contributed by atoms with van der Waals surface area (Å²) >= 11 is 31.6. The van der Waals surface area contributed by atoms with E-state index in [2.05, 4.69) is 143 Å². The Kier molecular flexibility index (Phi) is 11.0. The Morgan fingerprint density at radius 1 is 0.486 bits per heavy atom. The Morgan fingerprint density at radius 3 is 0.943 bits per heavy atom. The van der Waals surface area contributed by atoms with E-state index in [4.69, 9.17) is 13.6 Å². The molecule has 0 aliphatic heterocycles. The Labute approximate surface area is 278 Å². The van der Waals surface area contributed by atoms with Crippen LogP contribution >= 0.6 is 151 Å². The van der Waals surface area contributed by atoms with Gasteiger partial charge in [-0.05, 0) is 199 Å². The maximum atomic E-state index is 14.4. The maximum Gasteiger partial charge on any atom is 0.647 e. The Bertz CT molecular complexity index is 1230. The number of hydrogen-bond acceptors (Lipinski definition) is 4. The monoisotopic (exact) mass is 1070 g/mol. The molecule has 0 radical (unpaired) electrons. The summed E-state index contributed by atoms with van der Waals surface area (Å²) in [5.41, 5.74) is 2.82. The average molecular weight is 1080 g/mol. The first-order valence-corrected chi connectivity index (χ1v) is 17.9. The van der Waals surface area contributed by atoms with Crippen LogP contribution in [-0.2, 0) is 4.57 Å². The summed E-state index contributed by atoms with van der Waals surface area (Å²) in [7, 11) is -4.39. The van der Waals surface area contributed by atoms with Crippen LogP contribution in [0, 0.1) is 20.8 Å². The number of hydrogen-bond donors (Lipinski definition) is 0. The number of phosphoric acid groups is 1. The second-order valence-corrected chi connectivity index (χ2v) is 15.9. The van der Waals surface area contributed by atoms with Crippen molar-refractivity contribution in [2.45, 2.75) is 20.8 Å². The van der Waals surface area contributed by atoms with E-state index in [0.717, 1.165) is 30.1 Å². The lowest BCUT2D eigenvalue weighted by Gasteiger charge is -2.24. The highest BCUT2D eigenvalue weighted by Gasteiger charge is 2.38. The molecule has 0 atom stereocenters. The van der Waals surface area contributed by atoms with Crippen LogP contribution in [0.2, 0.25) is 0 Å². The first-order valence-electron chi connectivity index (χ1n) is 9.28. The van der Waals surface area contributed by atoms with Crippen LogP contribution in [0.25, 0.3) is 0 Å². The van der Waals surface area contributed by atoms with Crippen molar-refractivity contribution in [2.24, 2.45) is 0 Å². The van der Waals surface area contributed by atoms with Gasteiger partial charge in [0.15, 0.2) is 17.2 Å². The van der Waals surface area contributed by atoms with Gasteiger partial charge in [-0.2, -0.15) is 4.57 Å². The molecule has 188 valence electrons. The van der Waals surface area contributed by atoms with Crippen LogP contribution in [0.5, 0.6) is 17.2 Å². The van der Waals surface area contributed by atoms with Gasteiger partial charge in [0.25, 0.3) is 0 Å². The van der Waals surface area contributed by atoms with Gasteiger partial charge < -0.3 is 13.6 Å². The molecule has 0 heterocycles. The van der Waals surface area contributed by atoms with Crippen LogP contribution in [0.15, 0.2) is 58.5 Å². The van der Waals surface area contributed by atoms with Gasteiger partial charge in [-0.1, -0.05) is 0 Å². The zero-order valence-electron chi connectivity index (χ0n) is 17.7. The summed E-state index contributed by atoms with van der Waals surface area (Å²) in [5, 5.41) is 0. The summed E-state index contributed by atoms with van der Waals surface area (Å²) in [4.78, 5) is 0. The van der Waals surface area contributed by atoms with Crippen molar-refractivity contribution in [1.29, 1.82) is 0 Å². The quantitative estimate of drug-likeness (QED) is 0.182. The Balaban J connectivity index is 2.21. The molecule has 4 nitrogen and oxygen atoms in total. The predicted octanol–water partition coefficient (Wildman–Crippen LogP) is 13.1. The predicted molar refractivity (Wildman–Crippen MR) is 172 cm³/mol. The van der Waals surface area contributed by atoms with Gasteiger partial charge in [0.1, 0.15) is 0 Å². The van der Waals surface area contributed by atoms with Gasteiger partial charge in [0, 0.05) is 13.4 Å². The first-order chi connectivity index (χ1) is 16.2. The van der Waals surface area contributed by atoms with Gasteiger partial charge in [-0.25, -0.2) is 0 Å². The van der Waals surface area contributed by atoms with E-state index < -0.39 is 7.82 Å². The molecule has 35 heavy (non-hydrogen) atoms. The van der Waals surface area contributed by atoms with E-state index in [9.17, 15) is 4.57 Å². The third-order valence-electron chi connectivity index (χ3n) is 4.50. The maximum absolute atomic E-state index is 14.4. The fourth-order valence-electron chi connectivity index (χ4n) is 2.73. The van der Waals surface area contributed by atoms with Crippen LogP contribution in [0.4, 0.5) is 0 Å². The van der Waals surface area contributed by atoms with Crippen molar-refractivity contribution in [1.82, 2.24) is 0 Å². The molecule has 0 fully saturated rings. The molecule has 0 amide bonds. The molecule has 0 spiro atoms. The highest BCUT2D eigenvalue weighted by Crippen LogP contribution is 2.58. The standard InChI is InChI=1S/C21H12Br9O4P/c1-7-4-10(22)19(16(28)13(7)25)32-35(31,33-20-11(23)5-8(2)14(26)17(20)29)34-21-12(24)6-9(3)15(27)18(21)30/h4-6H,1-3H3. The second kappa shape index (κ2) is 12.4. The molecule has 0 bridgehead atoms. The Hall–Kier alpha value is 1.61. The van der Waals surface area contributed by atoms with Crippen molar-refractivity contribution in [3.05, 3.63) is 75.1 Å². The lowest BCUT2D eigenvalue weighted by molar-refractivity contribution is 0.294. The molecule has 0 N–H and O–H groups in total. The minimum atomic E-state index is -4.39. The summed E-state index contributed by atoms with van der Waals surface area (Å²) < 4.78 is 38.0. The smallest absolute Gasteiger partial charge is 0.383 e. The lowest BCUT2D eigenvalue weighted by Crippen LogP contribution is -2.10. The minimum absolute atomic E-state index is 0.239. The van der Waals surface area contributed by atoms with E-state index >= 15 is 0 Å². The number of rotatable bonds is 6. The third kappa shape index (κ3) is 6.85. The molecule has 0 aromatic heterocycles. The number of aryl methyl sites for hydroxylation is 3. The molecule has 14 heteroatoms. The number of phosphoric ester groups is 1. The first kappa shape index (κ1) is 31.1. The largest absolute Gasteiger partial charge is 0.647 e. The minimum Gasteiger partial charge on any atom is -0.383 e. The zero-order chi connectivity index (χ0) is 26.4. The van der Waals surface area contributed by atoms with Crippen molar-refractivity contribution < 1.29 is 18.1 Å². The SMILES string of the molecule is Cc1cc(Br)c(OP(=O)(Oc2c(Br)cc(C)c(Br)c2Br)Oc2c(Br)cc(C)c(Br)c2Br)c(Br)c1Br. The molecule has 0 saturated heterocycles. The molecular weight excluding hydrogens is 1070 g/mol. The molecule has 0 unspecified atom stereocenters. The molecule has 3 aromatic rings.